The molecule has 15 heavy (non-hydrogen) atoms. The summed E-state index contributed by atoms with van der Waals surface area (Å²) in [6.45, 7) is 4.94. The molecular formula is C10H20N2O3. The number of rotatable bonds is 6. The van der Waals surface area contributed by atoms with E-state index in [1.54, 1.807) is 7.11 Å². The van der Waals surface area contributed by atoms with Gasteiger partial charge in [0.1, 0.15) is 0 Å². The molecule has 0 aromatic carbocycles. The van der Waals surface area contributed by atoms with Crippen LogP contribution in [0.3, 0.4) is 0 Å². The molecule has 0 atom stereocenters. The molecule has 1 fully saturated rings. The van der Waals surface area contributed by atoms with E-state index in [4.69, 9.17) is 19.6 Å². The summed E-state index contributed by atoms with van der Waals surface area (Å²) in [5.41, 5.74) is 0. The lowest BCUT2D eigenvalue weighted by atomic mass is 10.3. The van der Waals surface area contributed by atoms with Gasteiger partial charge in [0, 0.05) is 26.6 Å². The van der Waals surface area contributed by atoms with Crippen molar-refractivity contribution in [2.24, 2.45) is 0 Å². The summed E-state index contributed by atoms with van der Waals surface area (Å²) in [5, 5.41) is 7.82. The Balaban J connectivity index is 2.02. The molecule has 0 aromatic rings. The smallest absolute Gasteiger partial charge is 0.0982 e. The molecule has 0 aromatic heterocycles. The third-order valence-electron chi connectivity index (χ3n) is 2.31. The van der Waals surface area contributed by atoms with Crippen LogP contribution >= 0.6 is 0 Å². The minimum absolute atomic E-state index is 0.597. The van der Waals surface area contributed by atoms with Gasteiger partial charge in [-0.15, -0.1) is 0 Å². The second-order valence-corrected chi connectivity index (χ2v) is 3.40. The number of nitrogens with one attached hydrogen (secondary N) is 1. The highest BCUT2D eigenvalue weighted by atomic mass is 16.5. The van der Waals surface area contributed by atoms with E-state index < -0.39 is 0 Å². The van der Waals surface area contributed by atoms with Crippen LogP contribution in [0.4, 0.5) is 0 Å². The standard InChI is InChI=1S/C10H20N2O3/c1-13-8-9-14-5-2-10(11)12-3-6-15-7-4-12/h11H,2-9H2,1H3. The first-order valence-electron chi connectivity index (χ1n) is 5.31. The van der Waals surface area contributed by atoms with E-state index in [1.807, 2.05) is 4.90 Å². The molecule has 0 aliphatic carbocycles. The maximum Gasteiger partial charge on any atom is 0.0982 e. The van der Waals surface area contributed by atoms with Gasteiger partial charge in [-0.25, -0.2) is 0 Å². The zero-order chi connectivity index (χ0) is 10.9. The average Bonchev–Trinajstić information content (AvgIpc) is 2.30. The maximum atomic E-state index is 7.82. The molecule has 0 amide bonds. The van der Waals surface area contributed by atoms with Crippen LogP contribution in [0.1, 0.15) is 6.42 Å². The van der Waals surface area contributed by atoms with E-state index in [0.29, 0.717) is 32.1 Å². The third kappa shape index (κ3) is 5.11. The molecule has 0 unspecified atom stereocenters. The van der Waals surface area contributed by atoms with E-state index in [1.165, 1.54) is 0 Å². The Morgan fingerprint density at radius 2 is 2.00 bits per heavy atom. The lowest BCUT2D eigenvalue weighted by molar-refractivity contribution is 0.0606. The molecule has 1 saturated heterocycles. The maximum absolute atomic E-state index is 7.82. The van der Waals surface area contributed by atoms with Gasteiger partial charge in [0.05, 0.1) is 38.9 Å². The van der Waals surface area contributed by atoms with Crippen molar-refractivity contribution in [3.8, 4) is 0 Å². The normalized spacial score (nSPS) is 16.7. The summed E-state index contributed by atoms with van der Waals surface area (Å²) in [4.78, 5) is 2.04. The fourth-order valence-electron chi connectivity index (χ4n) is 1.40. The minimum atomic E-state index is 0.597. The van der Waals surface area contributed by atoms with Crippen LogP contribution in [0.25, 0.3) is 0 Å². The number of morpholine rings is 1. The summed E-state index contributed by atoms with van der Waals surface area (Å²) < 4.78 is 15.4. The summed E-state index contributed by atoms with van der Waals surface area (Å²) in [7, 11) is 1.65. The molecule has 88 valence electrons. The van der Waals surface area contributed by atoms with Crippen LogP contribution in [-0.2, 0) is 14.2 Å². The largest absolute Gasteiger partial charge is 0.382 e. The van der Waals surface area contributed by atoms with Gasteiger partial charge in [0.15, 0.2) is 0 Å². The molecule has 1 rings (SSSR count). The highest BCUT2D eigenvalue weighted by molar-refractivity contribution is 5.79. The molecule has 1 aliphatic rings. The fourth-order valence-corrected chi connectivity index (χ4v) is 1.40. The first-order chi connectivity index (χ1) is 7.34. The quantitative estimate of drug-likeness (QED) is 0.395. The Hall–Kier alpha value is -0.650. The van der Waals surface area contributed by atoms with Gasteiger partial charge in [-0.1, -0.05) is 0 Å². The van der Waals surface area contributed by atoms with Gasteiger partial charge < -0.3 is 19.1 Å². The Bertz CT molecular complexity index is 182. The zero-order valence-corrected chi connectivity index (χ0v) is 9.33. The topological polar surface area (TPSA) is 54.8 Å². The van der Waals surface area contributed by atoms with Crippen LogP contribution in [0.5, 0.6) is 0 Å². The SMILES string of the molecule is COCCOCCC(=N)N1CCOCC1. The summed E-state index contributed by atoms with van der Waals surface area (Å²) in [5.74, 6) is 0.649. The first kappa shape index (κ1) is 12.4. The van der Waals surface area contributed by atoms with E-state index >= 15 is 0 Å². The Morgan fingerprint density at radius 3 is 2.67 bits per heavy atom. The third-order valence-corrected chi connectivity index (χ3v) is 2.31. The molecule has 0 saturated carbocycles. The Kier molecular flexibility index (Phi) is 6.31. The number of ether oxygens (including phenoxy) is 3. The summed E-state index contributed by atoms with van der Waals surface area (Å²) >= 11 is 0. The number of hydrogen-bond donors (Lipinski definition) is 1. The van der Waals surface area contributed by atoms with Crippen LogP contribution in [-0.4, -0.2) is 64.0 Å². The number of methoxy groups -OCH3 is 1. The van der Waals surface area contributed by atoms with Crippen LogP contribution < -0.4 is 0 Å². The number of hydrogen-bond acceptors (Lipinski definition) is 4. The molecule has 5 heteroatoms. The number of nitrogens with zero attached hydrogens (tertiary/aromatic N) is 1. The second kappa shape index (κ2) is 7.62. The van der Waals surface area contributed by atoms with Gasteiger partial charge in [0.2, 0.25) is 0 Å². The second-order valence-electron chi connectivity index (χ2n) is 3.40. The average molecular weight is 216 g/mol. The van der Waals surface area contributed by atoms with Gasteiger partial charge in [-0.3, -0.25) is 5.41 Å². The lowest BCUT2D eigenvalue weighted by Crippen LogP contribution is -2.40. The van der Waals surface area contributed by atoms with Crippen molar-refractivity contribution in [3.63, 3.8) is 0 Å². The molecule has 0 spiro atoms. The lowest BCUT2D eigenvalue weighted by Gasteiger charge is -2.28. The summed E-state index contributed by atoms with van der Waals surface area (Å²) in [6.07, 6.45) is 0.670. The highest BCUT2D eigenvalue weighted by Gasteiger charge is 2.12. The number of amidine groups is 1. The first-order valence-corrected chi connectivity index (χ1v) is 5.31. The summed E-state index contributed by atoms with van der Waals surface area (Å²) in [6, 6.07) is 0. The molecule has 1 N–H and O–H groups in total. The van der Waals surface area contributed by atoms with Gasteiger partial charge in [0.25, 0.3) is 0 Å². The Labute approximate surface area is 90.8 Å². The van der Waals surface area contributed by atoms with Crippen molar-refractivity contribution in [1.82, 2.24) is 4.90 Å². The fraction of sp³-hybridized carbons (Fsp3) is 0.900. The van der Waals surface area contributed by atoms with Crippen LogP contribution in [0.2, 0.25) is 0 Å². The van der Waals surface area contributed by atoms with Gasteiger partial charge >= 0.3 is 0 Å². The van der Waals surface area contributed by atoms with E-state index in [0.717, 1.165) is 26.3 Å². The van der Waals surface area contributed by atoms with Crippen molar-refractivity contribution >= 4 is 5.84 Å². The van der Waals surface area contributed by atoms with E-state index in [-0.39, 0.29) is 0 Å². The predicted molar refractivity (Wildman–Crippen MR) is 57.4 cm³/mol. The van der Waals surface area contributed by atoms with Crippen molar-refractivity contribution in [1.29, 1.82) is 5.41 Å². The molecule has 5 nitrogen and oxygen atoms in total. The van der Waals surface area contributed by atoms with Crippen LogP contribution in [0, 0.1) is 5.41 Å². The molecule has 1 heterocycles. The molecule has 1 aliphatic heterocycles. The van der Waals surface area contributed by atoms with Crippen molar-refractivity contribution < 1.29 is 14.2 Å². The van der Waals surface area contributed by atoms with E-state index in [2.05, 4.69) is 0 Å². The molecule has 0 radical (unpaired) electrons. The van der Waals surface area contributed by atoms with E-state index in [9.17, 15) is 0 Å². The molecule has 0 bridgehead atoms. The van der Waals surface area contributed by atoms with Gasteiger partial charge in [-0.05, 0) is 0 Å². The minimum Gasteiger partial charge on any atom is -0.382 e. The van der Waals surface area contributed by atoms with Crippen molar-refractivity contribution in [2.75, 3.05) is 53.2 Å². The Morgan fingerprint density at radius 1 is 1.27 bits per heavy atom. The predicted octanol–water partition coefficient (Wildman–Crippen LogP) is 0.349. The molecular weight excluding hydrogens is 196 g/mol. The van der Waals surface area contributed by atoms with Gasteiger partial charge in [-0.2, -0.15) is 0 Å². The zero-order valence-electron chi connectivity index (χ0n) is 9.33. The van der Waals surface area contributed by atoms with Crippen molar-refractivity contribution in [2.45, 2.75) is 6.42 Å². The van der Waals surface area contributed by atoms with Crippen molar-refractivity contribution in [3.05, 3.63) is 0 Å². The highest BCUT2D eigenvalue weighted by Crippen LogP contribution is 2.00. The van der Waals surface area contributed by atoms with Crippen LogP contribution in [0.15, 0.2) is 0 Å². The monoisotopic (exact) mass is 216 g/mol.